The Kier molecular flexibility index (Phi) is 6.81. The molecule has 0 spiro atoms. The summed E-state index contributed by atoms with van der Waals surface area (Å²) in [6, 6.07) is 2.88. The molecule has 1 aliphatic carbocycles. The second kappa shape index (κ2) is 8.21. The zero-order chi connectivity index (χ0) is 17.0. The van der Waals surface area contributed by atoms with Gasteiger partial charge in [0.15, 0.2) is 0 Å². The summed E-state index contributed by atoms with van der Waals surface area (Å²) in [4.78, 5) is 12.1. The Hall–Kier alpha value is -0.260. The zero-order valence-corrected chi connectivity index (χ0v) is 15.6. The predicted octanol–water partition coefficient (Wildman–Crippen LogP) is 6.74. The van der Waals surface area contributed by atoms with E-state index in [-0.39, 0.29) is 21.8 Å². The summed E-state index contributed by atoms with van der Waals surface area (Å²) < 4.78 is 3.12. The number of esters is 1. The van der Waals surface area contributed by atoms with Crippen LogP contribution < -0.4 is 0 Å². The highest BCUT2D eigenvalue weighted by atomic mass is 35.5. The van der Waals surface area contributed by atoms with E-state index in [0.717, 1.165) is 32.1 Å². The molecular weight excluding hydrogens is 405 g/mol. The first-order valence-electron chi connectivity index (χ1n) is 6.96. The zero-order valence-electron chi connectivity index (χ0n) is 11.9. The van der Waals surface area contributed by atoms with E-state index in [4.69, 9.17) is 62.7 Å². The molecule has 0 unspecified atom stereocenters. The van der Waals surface area contributed by atoms with Gasteiger partial charge in [0, 0.05) is 5.02 Å². The molecule has 0 radical (unpaired) electrons. The lowest BCUT2D eigenvalue weighted by Gasteiger charge is -2.23. The summed E-state index contributed by atoms with van der Waals surface area (Å²) in [5, 5.41) is 8.05. The summed E-state index contributed by atoms with van der Waals surface area (Å²) in [6.07, 6.45) is 4.54. The Morgan fingerprint density at radius 3 is 2.22 bits per heavy atom. The molecule has 0 saturated heterocycles. The van der Waals surface area contributed by atoms with E-state index in [9.17, 15) is 4.79 Å². The van der Waals surface area contributed by atoms with Crippen molar-refractivity contribution in [3.63, 3.8) is 0 Å². The second-order valence-corrected chi connectivity index (χ2v) is 7.66. The summed E-state index contributed by atoms with van der Waals surface area (Å²) in [6.45, 7) is 0. The summed E-state index contributed by atoms with van der Waals surface area (Å²) in [5.74, 6) is -0.863. The maximum Gasteiger partial charge on any atom is 0.368 e. The van der Waals surface area contributed by atoms with Gasteiger partial charge in [0.25, 0.3) is 0 Å². The van der Waals surface area contributed by atoms with Crippen LogP contribution in [0, 0.1) is 0 Å². The number of nitrogens with zero attached hydrogens (tertiary/aromatic N) is 2. The van der Waals surface area contributed by atoms with Crippen LogP contribution in [-0.2, 0) is 9.53 Å². The number of rotatable bonds is 4. The number of carbonyl (C=O) groups excluding carboxylic acids is 1. The minimum absolute atomic E-state index is 0.119. The van der Waals surface area contributed by atoms with Crippen molar-refractivity contribution < 1.29 is 9.53 Å². The molecule has 1 aliphatic rings. The molecule has 4 nitrogen and oxygen atoms in total. The molecule has 2 rings (SSSR count). The van der Waals surface area contributed by atoms with Crippen molar-refractivity contribution >= 4 is 69.7 Å². The molecule has 0 aromatic heterocycles. The van der Waals surface area contributed by atoms with E-state index in [1.54, 1.807) is 0 Å². The van der Waals surface area contributed by atoms with Gasteiger partial charge in [0.2, 0.25) is 0 Å². The molecule has 0 atom stereocenters. The lowest BCUT2D eigenvalue weighted by Crippen LogP contribution is -2.31. The molecule has 23 heavy (non-hydrogen) atoms. The fourth-order valence-electron chi connectivity index (χ4n) is 2.19. The SMILES string of the molecule is O=C(OC1CCCCC1)C(Cl)(Cl)N=Nc1c(Cl)cc(Cl)cc1Cl. The van der Waals surface area contributed by atoms with Crippen LogP contribution in [0.3, 0.4) is 0 Å². The normalized spacial score (nSPS) is 16.7. The van der Waals surface area contributed by atoms with E-state index in [0.29, 0.717) is 5.02 Å². The van der Waals surface area contributed by atoms with Gasteiger partial charge >= 0.3 is 10.4 Å². The Balaban J connectivity index is 2.08. The molecule has 0 N–H and O–H groups in total. The highest BCUT2D eigenvalue weighted by Crippen LogP contribution is 2.38. The topological polar surface area (TPSA) is 51.0 Å². The van der Waals surface area contributed by atoms with Gasteiger partial charge in [-0.15, -0.1) is 10.2 Å². The highest BCUT2D eigenvalue weighted by Gasteiger charge is 2.38. The van der Waals surface area contributed by atoms with Gasteiger partial charge in [-0.25, -0.2) is 4.79 Å². The third-order valence-corrected chi connectivity index (χ3v) is 4.58. The van der Waals surface area contributed by atoms with Crippen LogP contribution in [0.5, 0.6) is 0 Å². The first kappa shape index (κ1) is 19.1. The smallest absolute Gasteiger partial charge is 0.368 e. The first-order valence-corrected chi connectivity index (χ1v) is 8.85. The Labute approximate surface area is 159 Å². The monoisotopic (exact) mass is 416 g/mol. The minimum atomic E-state index is -2.16. The number of ether oxygens (including phenoxy) is 1. The molecule has 0 aliphatic heterocycles. The van der Waals surface area contributed by atoms with E-state index < -0.39 is 10.4 Å². The van der Waals surface area contributed by atoms with Gasteiger partial charge in [-0.2, -0.15) is 0 Å². The van der Waals surface area contributed by atoms with Crippen molar-refractivity contribution in [1.29, 1.82) is 0 Å². The fraction of sp³-hybridized carbons (Fsp3) is 0.500. The van der Waals surface area contributed by atoms with Crippen LogP contribution in [0.4, 0.5) is 5.69 Å². The van der Waals surface area contributed by atoms with Crippen LogP contribution in [0.1, 0.15) is 32.1 Å². The van der Waals surface area contributed by atoms with Gasteiger partial charge in [-0.05, 0) is 37.8 Å². The lowest BCUT2D eigenvalue weighted by atomic mass is 9.98. The van der Waals surface area contributed by atoms with Crippen LogP contribution in [0.25, 0.3) is 0 Å². The van der Waals surface area contributed by atoms with Crippen molar-refractivity contribution in [1.82, 2.24) is 0 Å². The van der Waals surface area contributed by atoms with Gasteiger partial charge in [-0.1, -0.05) is 64.4 Å². The quantitative estimate of drug-likeness (QED) is 0.235. The van der Waals surface area contributed by atoms with Crippen LogP contribution in [-0.4, -0.2) is 16.5 Å². The van der Waals surface area contributed by atoms with Crippen molar-refractivity contribution in [2.24, 2.45) is 10.2 Å². The van der Waals surface area contributed by atoms with E-state index >= 15 is 0 Å². The van der Waals surface area contributed by atoms with Crippen molar-refractivity contribution in [2.75, 3.05) is 0 Å². The van der Waals surface area contributed by atoms with Gasteiger partial charge < -0.3 is 4.74 Å². The average molecular weight is 419 g/mol. The number of halogens is 5. The largest absolute Gasteiger partial charge is 0.459 e. The Morgan fingerprint density at radius 1 is 1.09 bits per heavy atom. The van der Waals surface area contributed by atoms with Gasteiger partial charge in [0.1, 0.15) is 11.8 Å². The van der Waals surface area contributed by atoms with Crippen molar-refractivity contribution in [3.05, 3.63) is 27.2 Å². The first-order chi connectivity index (χ1) is 10.8. The van der Waals surface area contributed by atoms with Crippen molar-refractivity contribution in [2.45, 2.75) is 42.7 Å². The minimum Gasteiger partial charge on any atom is -0.459 e. The maximum atomic E-state index is 12.1. The molecule has 1 aromatic rings. The second-order valence-electron chi connectivity index (χ2n) is 5.12. The highest BCUT2D eigenvalue weighted by molar-refractivity contribution is 6.57. The molecule has 1 aromatic carbocycles. The third kappa shape index (κ3) is 5.36. The van der Waals surface area contributed by atoms with Crippen molar-refractivity contribution in [3.8, 4) is 0 Å². The Bertz CT molecular complexity index is 592. The van der Waals surface area contributed by atoms with E-state index in [1.165, 1.54) is 12.1 Å². The molecular formula is C14H13Cl5N2O2. The molecule has 0 amide bonds. The maximum absolute atomic E-state index is 12.1. The van der Waals surface area contributed by atoms with Gasteiger partial charge in [-0.3, -0.25) is 0 Å². The fourth-order valence-corrected chi connectivity index (χ4v) is 3.25. The standard InChI is InChI=1S/C14H13Cl5N2O2/c15-8-6-10(16)12(11(17)7-8)20-21-14(18,19)13(22)23-9-4-2-1-3-5-9/h6-7,9H,1-5H2. The Morgan fingerprint density at radius 2 is 1.65 bits per heavy atom. The molecule has 0 heterocycles. The summed E-state index contributed by atoms with van der Waals surface area (Å²) in [7, 11) is 0. The number of carbonyl (C=O) groups is 1. The number of hydrogen-bond donors (Lipinski definition) is 0. The van der Waals surface area contributed by atoms with Crippen LogP contribution >= 0.6 is 58.0 Å². The molecule has 9 heteroatoms. The number of alkyl halides is 2. The number of benzene rings is 1. The molecule has 1 saturated carbocycles. The molecule has 126 valence electrons. The summed E-state index contributed by atoms with van der Waals surface area (Å²) >= 11 is 29.6. The van der Waals surface area contributed by atoms with E-state index in [1.807, 2.05) is 0 Å². The molecule has 1 fully saturated rings. The lowest BCUT2D eigenvalue weighted by molar-refractivity contribution is -0.151. The molecule has 0 bridgehead atoms. The van der Waals surface area contributed by atoms with Gasteiger partial charge in [0.05, 0.1) is 10.0 Å². The average Bonchev–Trinajstić information content (AvgIpc) is 2.47. The summed E-state index contributed by atoms with van der Waals surface area (Å²) in [5.41, 5.74) is 0.119. The van der Waals surface area contributed by atoms with E-state index in [2.05, 4.69) is 10.2 Å². The predicted molar refractivity (Wildman–Crippen MR) is 93.4 cm³/mol. The number of azo groups is 1. The number of hydrogen-bond acceptors (Lipinski definition) is 4. The van der Waals surface area contributed by atoms with Crippen LogP contribution in [0.15, 0.2) is 22.4 Å². The van der Waals surface area contributed by atoms with Crippen LogP contribution in [0.2, 0.25) is 15.1 Å². The third-order valence-electron chi connectivity index (χ3n) is 3.33.